The summed E-state index contributed by atoms with van der Waals surface area (Å²) in [6, 6.07) is 0. The zero-order valence-corrected chi connectivity index (χ0v) is 48.4. The van der Waals surface area contributed by atoms with Crippen molar-refractivity contribution in [3.8, 4) is 0 Å². The van der Waals surface area contributed by atoms with Crippen LogP contribution in [0.1, 0.15) is 316 Å². The lowest BCUT2D eigenvalue weighted by atomic mass is 10.0. The largest absolute Gasteiger partial charge is 0.462 e. The van der Waals surface area contributed by atoms with Crippen LogP contribution in [0.25, 0.3) is 0 Å². The SMILES string of the molecule is CC/C=C\C/C=C\C/C=C\C/C=C\C/C=C\CCCCCCCC(=O)OCC(COC(=O)CCCCCCC/C=C\CCCCCCCC)OC(=O)CCCCCCCCCCCCCCCCCCCCC. The van der Waals surface area contributed by atoms with E-state index >= 15 is 0 Å². The molecule has 1 atom stereocenters. The minimum absolute atomic E-state index is 0.0833. The average molecular weight is 1020 g/mol. The highest BCUT2D eigenvalue weighted by Crippen LogP contribution is 2.17. The van der Waals surface area contributed by atoms with Gasteiger partial charge in [0.25, 0.3) is 0 Å². The third-order valence-corrected chi connectivity index (χ3v) is 13.7. The smallest absolute Gasteiger partial charge is 0.306 e. The summed E-state index contributed by atoms with van der Waals surface area (Å²) >= 11 is 0. The highest BCUT2D eigenvalue weighted by atomic mass is 16.6. The van der Waals surface area contributed by atoms with Crippen LogP contribution in [0.4, 0.5) is 0 Å². The molecule has 6 nitrogen and oxygen atoms in total. The van der Waals surface area contributed by atoms with Crippen LogP contribution in [0.5, 0.6) is 0 Å². The van der Waals surface area contributed by atoms with E-state index in [0.717, 1.165) is 116 Å². The van der Waals surface area contributed by atoms with E-state index in [0.29, 0.717) is 19.3 Å². The van der Waals surface area contributed by atoms with Gasteiger partial charge in [0.2, 0.25) is 0 Å². The summed E-state index contributed by atoms with van der Waals surface area (Å²) in [6.45, 7) is 6.54. The Balaban J connectivity index is 4.39. The van der Waals surface area contributed by atoms with Gasteiger partial charge in [-0.25, -0.2) is 0 Å². The molecule has 0 aromatic heterocycles. The Morgan fingerprint density at radius 2 is 0.534 bits per heavy atom. The molecular formula is C67H118O6. The van der Waals surface area contributed by atoms with Gasteiger partial charge in [-0.2, -0.15) is 0 Å². The van der Waals surface area contributed by atoms with Crippen LogP contribution in [0.3, 0.4) is 0 Å². The molecule has 73 heavy (non-hydrogen) atoms. The summed E-state index contributed by atoms with van der Waals surface area (Å²) in [7, 11) is 0. The molecule has 0 amide bonds. The van der Waals surface area contributed by atoms with Gasteiger partial charge in [-0.1, -0.05) is 280 Å². The van der Waals surface area contributed by atoms with E-state index in [1.165, 1.54) is 161 Å². The van der Waals surface area contributed by atoms with Crippen molar-refractivity contribution in [2.24, 2.45) is 0 Å². The molecule has 0 N–H and O–H groups in total. The van der Waals surface area contributed by atoms with Crippen LogP contribution in [-0.4, -0.2) is 37.2 Å². The van der Waals surface area contributed by atoms with Crippen molar-refractivity contribution in [1.29, 1.82) is 0 Å². The first kappa shape index (κ1) is 69.8. The van der Waals surface area contributed by atoms with E-state index in [2.05, 4.69) is 93.7 Å². The number of carbonyl (C=O) groups is 3. The minimum Gasteiger partial charge on any atom is -0.462 e. The van der Waals surface area contributed by atoms with Crippen molar-refractivity contribution in [2.75, 3.05) is 13.2 Å². The molecule has 0 heterocycles. The van der Waals surface area contributed by atoms with Gasteiger partial charge in [0.1, 0.15) is 13.2 Å². The number of hydrogen-bond donors (Lipinski definition) is 0. The van der Waals surface area contributed by atoms with Crippen LogP contribution in [-0.2, 0) is 28.6 Å². The molecule has 0 spiro atoms. The molecule has 0 aliphatic rings. The third kappa shape index (κ3) is 59.6. The Bertz CT molecular complexity index is 1360. The van der Waals surface area contributed by atoms with Gasteiger partial charge < -0.3 is 14.2 Å². The fourth-order valence-electron chi connectivity index (χ4n) is 9.00. The molecule has 0 aromatic carbocycles. The van der Waals surface area contributed by atoms with Crippen molar-refractivity contribution in [2.45, 2.75) is 322 Å². The summed E-state index contributed by atoms with van der Waals surface area (Å²) < 4.78 is 16.9. The molecule has 0 fully saturated rings. The molecule has 0 bridgehead atoms. The lowest BCUT2D eigenvalue weighted by Crippen LogP contribution is -2.30. The van der Waals surface area contributed by atoms with Gasteiger partial charge in [0, 0.05) is 19.3 Å². The predicted molar refractivity (Wildman–Crippen MR) is 316 cm³/mol. The molecule has 0 aromatic rings. The molecule has 0 aliphatic heterocycles. The summed E-state index contributed by atoms with van der Waals surface area (Å²) in [5.41, 5.74) is 0. The predicted octanol–water partition coefficient (Wildman–Crippen LogP) is 21.3. The number of esters is 3. The fourth-order valence-corrected chi connectivity index (χ4v) is 9.00. The maximum atomic E-state index is 12.9. The summed E-state index contributed by atoms with van der Waals surface area (Å²) in [5.74, 6) is -0.894. The lowest BCUT2D eigenvalue weighted by Gasteiger charge is -2.18. The average Bonchev–Trinajstić information content (AvgIpc) is 3.39. The second-order valence-electron chi connectivity index (χ2n) is 20.9. The molecule has 1 unspecified atom stereocenters. The molecule has 0 saturated carbocycles. The van der Waals surface area contributed by atoms with Crippen molar-refractivity contribution in [1.82, 2.24) is 0 Å². The maximum absolute atomic E-state index is 12.9. The zero-order valence-electron chi connectivity index (χ0n) is 48.4. The Kier molecular flexibility index (Phi) is 58.7. The van der Waals surface area contributed by atoms with Gasteiger partial charge in [0.15, 0.2) is 6.10 Å². The van der Waals surface area contributed by atoms with Crippen molar-refractivity contribution >= 4 is 17.9 Å². The molecular weight excluding hydrogens is 901 g/mol. The van der Waals surface area contributed by atoms with E-state index in [9.17, 15) is 14.4 Å². The Morgan fingerprint density at radius 1 is 0.288 bits per heavy atom. The van der Waals surface area contributed by atoms with E-state index in [1.807, 2.05) is 0 Å². The zero-order chi connectivity index (χ0) is 52.9. The summed E-state index contributed by atoms with van der Waals surface area (Å²) in [5, 5.41) is 0. The highest BCUT2D eigenvalue weighted by Gasteiger charge is 2.19. The topological polar surface area (TPSA) is 78.9 Å². The van der Waals surface area contributed by atoms with Gasteiger partial charge in [-0.15, -0.1) is 0 Å². The van der Waals surface area contributed by atoms with Gasteiger partial charge in [0.05, 0.1) is 0 Å². The molecule has 422 valence electrons. The van der Waals surface area contributed by atoms with Gasteiger partial charge >= 0.3 is 17.9 Å². The van der Waals surface area contributed by atoms with Crippen LogP contribution in [0.2, 0.25) is 0 Å². The second kappa shape index (κ2) is 61.4. The quantitative estimate of drug-likeness (QED) is 0.0261. The Labute approximate surface area is 453 Å². The number of allylic oxidation sites excluding steroid dienone is 12. The van der Waals surface area contributed by atoms with Crippen molar-refractivity contribution < 1.29 is 28.6 Å². The van der Waals surface area contributed by atoms with Crippen molar-refractivity contribution in [3.63, 3.8) is 0 Å². The first-order chi connectivity index (χ1) is 36.0. The summed E-state index contributed by atoms with van der Waals surface area (Å²) in [4.78, 5) is 38.3. The lowest BCUT2D eigenvalue weighted by molar-refractivity contribution is -0.167. The highest BCUT2D eigenvalue weighted by molar-refractivity contribution is 5.71. The van der Waals surface area contributed by atoms with Crippen LogP contribution in [0.15, 0.2) is 72.9 Å². The Hall–Kier alpha value is -3.15. The number of ether oxygens (including phenoxy) is 3. The Morgan fingerprint density at radius 3 is 0.849 bits per heavy atom. The van der Waals surface area contributed by atoms with Crippen LogP contribution in [0, 0.1) is 0 Å². The second-order valence-corrected chi connectivity index (χ2v) is 20.9. The normalized spacial score (nSPS) is 12.5. The van der Waals surface area contributed by atoms with Gasteiger partial charge in [-0.05, 0) is 89.9 Å². The molecule has 6 heteroatoms. The number of carbonyl (C=O) groups excluding carboxylic acids is 3. The molecule has 0 radical (unpaired) electrons. The van der Waals surface area contributed by atoms with E-state index in [4.69, 9.17) is 14.2 Å². The number of unbranched alkanes of at least 4 members (excludes halogenated alkanes) is 34. The van der Waals surface area contributed by atoms with Crippen LogP contribution >= 0.6 is 0 Å². The van der Waals surface area contributed by atoms with Crippen molar-refractivity contribution in [3.05, 3.63) is 72.9 Å². The summed E-state index contributed by atoms with van der Waals surface area (Å²) in [6.07, 6.45) is 79.0. The van der Waals surface area contributed by atoms with E-state index in [1.54, 1.807) is 0 Å². The minimum atomic E-state index is -0.786. The number of rotatable bonds is 57. The fraction of sp³-hybridized carbons (Fsp3) is 0.776. The van der Waals surface area contributed by atoms with Crippen LogP contribution < -0.4 is 0 Å². The first-order valence-electron chi connectivity index (χ1n) is 31.4. The molecule has 0 aliphatic carbocycles. The molecule has 0 rings (SSSR count). The standard InChI is InChI=1S/C67H118O6/c1-4-7-10-13-16-19-22-25-28-30-32-33-35-36-39-42-45-48-51-54-57-60-66(69)72-63-64(62-71-65(68)59-56-53-50-47-44-41-38-27-24-21-18-15-12-9-6-3)73-67(70)61-58-55-52-49-46-43-40-37-34-31-29-26-23-20-17-14-11-8-5-2/h7,10,16,19,25,27-28,32-33,36,38-39,64H,4-6,8-9,11-15,17-18,20-24,26,29-31,34-35,37,40-63H2,1-3H3/b10-7-,19-16-,28-25-,33-32-,38-27-,39-36-. The monoisotopic (exact) mass is 1020 g/mol. The number of hydrogen-bond acceptors (Lipinski definition) is 6. The van der Waals surface area contributed by atoms with E-state index < -0.39 is 6.10 Å². The van der Waals surface area contributed by atoms with E-state index in [-0.39, 0.29) is 31.1 Å². The third-order valence-electron chi connectivity index (χ3n) is 13.7. The first-order valence-corrected chi connectivity index (χ1v) is 31.4. The maximum Gasteiger partial charge on any atom is 0.306 e. The molecule has 0 saturated heterocycles. The van der Waals surface area contributed by atoms with Gasteiger partial charge in [-0.3, -0.25) is 14.4 Å².